The summed E-state index contributed by atoms with van der Waals surface area (Å²) in [4.78, 5) is 27.5. The predicted molar refractivity (Wildman–Crippen MR) is 46.4 cm³/mol. The molecule has 5 nitrogen and oxygen atoms in total. The third-order valence-electron chi connectivity index (χ3n) is 1.15. The van der Waals surface area contributed by atoms with E-state index in [4.69, 9.17) is 0 Å². The second kappa shape index (κ2) is 7.08. The first-order chi connectivity index (χ1) is 5.70. The average molecular weight is 192 g/mol. The van der Waals surface area contributed by atoms with Crippen LogP contribution in [0.15, 0.2) is 0 Å². The van der Waals surface area contributed by atoms with Gasteiger partial charge in [-0.3, -0.25) is 4.79 Å². The second-order valence-electron chi connectivity index (χ2n) is 2.06. The molecule has 70 valence electrons. The molecule has 0 aliphatic carbocycles. The van der Waals surface area contributed by atoms with Crippen molar-refractivity contribution in [3.05, 3.63) is 0 Å². The molecule has 0 aromatic heterocycles. The summed E-state index contributed by atoms with van der Waals surface area (Å²) in [5.41, 5.74) is 0. The summed E-state index contributed by atoms with van der Waals surface area (Å²) >= 11 is 3.45. The number of thiol groups is 1. The van der Waals surface area contributed by atoms with Gasteiger partial charge in [0.15, 0.2) is 0 Å². The number of carbonyl (C=O) groups excluding carboxylic acids is 2. The molecule has 0 amide bonds. The molecule has 0 radical (unpaired) electrons. The Morgan fingerprint density at radius 1 is 1.42 bits per heavy atom. The van der Waals surface area contributed by atoms with Gasteiger partial charge in [-0.05, 0) is 0 Å². The molecule has 12 heavy (non-hydrogen) atoms. The van der Waals surface area contributed by atoms with Crippen LogP contribution in [0.4, 0.5) is 0 Å². The van der Waals surface area contributed by atoms with Crippen LogP contribution >= 0.6 is 12.8 Å². The standard InChI is InChI=1S/C6H12N2O3S/c1-2-5(9)3-7-4-6(10)11-8-12/h7-8,12H,2-4H2,1H3. The Bertz CT molecular complexity index is 163. The Balaban J connectivity index is 3.30. The van der Waals surface area contributed by atoms with Gasteiger partial charge >= 0.3 is 5.97 Å². The molecule has 0 spiro atoms. The van der Waals surface area contributed by atoms with Crippen LogP contribution < -0.4 is 10.2 Å². The van der Waals surface area contributed by atoms with Crippen molar-refractivity contribution in [1.29, 1.82) is 0 Å². The molecule has 0 aliphatic heterocycles. The number of Topliss-reactive ketones (excluding diaryl/α,β-unsaturated/α-hetero) is 1. The number of carbonyl (C=O) groups is 2. The van der Waals surface area contributed by atoms with E-state index in [2.05, 4.69) is 23.0 Å². The van der Waals surface area contributed by atoms with Gasteiger partial charge in [-0.2, -0.15) is 0 Å². The molecule has 0 saturated carbocycles. The summed E-state index contributed by atoms with van der Waals surface area (Å²) in [6.45, 7) is 1.95. The summed E-state index contributed by atoms with van der Waals surface area (Å²) in [6, 6.07) is 0. The maximum Gasteiger partial charge on any atom is 0.339 e. The van der Waals surface area contributed by atoms with E-state index in [1.807, 2.05) is 4.89 Å². The van der Waals surface area contributed by atoms with Gasteiger partial charge in [-0.1, -0.05) is 24.6 Å². The third-order valence-corrected chi connectivity index (χ3v) is 1.24. The molecule has 0 saturated heterocycles. The van der Waals surface area contributed by atoms with Crippen molar-refractivity contribution in [1.82, 2.24) is 10.2 Å². The zero-order chi connectivity index (χ0) is 9.40. The maximum absolute atomic E-state index is 10.7. The molecule has 0 heterocycles. The molecule has 0 aliphatic rings. The van der Waals surface area contributed by atoms with E-state index in [0.29, 0.717) is 6.42 Å². The monoisotopic (exact) mass is 192 g/mol. The normalized spacial score (nSPS) is 9.50. The minimum Gasteiger partial charge on any atom is -0.359 e. The highest BCUT2D eigenvalue weighted by atomic mass is 32.1. The molecular weight excluding hydrogens is 180 g/mol. The van der Waals surface area contributed by atoms with Crippen molar-refractivity contribution in [3.63, 3.8) is 0 Å². The van der Waals surface area contributed by atoms with Crippen LogP contribution in [0.3, 0.4) is 0 Å². The number of hydrogen-bond acceptors (Lipinski definition) is 6. The molecule has 0 fully saturated rings. The van der Waals surface area contributed by atoms with Gasteiger partial charge in [0.05, 0.1) is 13.1 Å². The van der Waals surface area contributed by atoms with Gasteiger partial charge < -0.3 is 10.2 Å². The highest BCUT2D eigenvalue weighted by Crippen LogP contribution is 1.78. The second-order valence-corrected chi connectivity index (χ2v) is 2.24. The zero-order valence-corrected chi connectivity index (χ0v) is 7.69. The van der Waals surface area contributed by atoms with Crippen LogP contribution in [0.2, 0.25) is 0 Å². The van der Waals surface area contributed by atoms with Gasteiger partial charge in [0.2, 0.25) is 0 Å². The van der Waals surface area contributed by atoms with Crippen LogP contribution in [0.5, 0.6) is 0 Å². The number of ketones is 1. The SMILES string of the molecule is CCC(=O)CNCC(=O)ONS. The van der Waals surface area contributed by atoms with E-state index in [1.54, 1.807) is 6.92 Å². The fourth-order valence-corrected chi connectivity index (χ4v) is 0.618. The first-order valence-electron chi connectivity index (χ1n) is 3.51. The van der Waals surface area contributed by atoms with E-state index in [1.165, 1.54) is 0 Å². The Labute approximate surface area is 76.3 Å². The van der Waals surface area contributed by atoms with Crippen molar-refractivity contribution in [2.24, 2.45) is 0 Å². The molecule has 0 rings (SSSR count). The largest absolute Gasteiger partial charge is 0.359 e. The summed E-state index contributed by atoms with van der Waals surface area (Å²) in [7, 11) is 0. The lowest BCUT2D eigenvalue weighted by Crippen LogP contribution is -2.30. The molecule has 6 heteroatoms. The zero-order valence-electron chi connectivity index (χ0n) is 6.79. The molecule has 0 aromatic rings. The number of rotatable bonds is 6. The minimum absolute atomic E-state index is 0.000694. The van der Waals surface area contributed by atoms with Crippen molar-refractivity contribution < 1.29 is 14.4 Å². The lowest BCUT2D eigenvalue weighted by molar-refractivity contribution is -0.145. The van der Waals surface area contributed by atoms with E-state index in [9.17, 15) is 9.59 Å². The van der Waals surface area contributed by atoms with Gasteiger partial charge in [0.1, 0.15) is 5.78 Å². The summed E-state index contributed by atoms with van der Waals surface area (Å²) in [5.74, 6) is -0.449. The van der Waals surface area contributed by atoms with E-state index in [-0.39, 0.29) is 18.9 Å². The molecule has 0 aromatic carbocycles. The van der Waals surface area contributed by atoms with Crippen LogP contribution in [-0.4, -0.2) is 24.8 Å². The lowest BCUT2D eigenvalue weighted by atomic mass is 10.3. The number of nitrogens with one attached hydrogen (secondary N) is 2. The Kier molecular flexibility index (Phi) is 6.73. The Morgan fingerprint density at radius 3 is 2.58 bits per heavy atom. The first-order valence-corrected chi connectivity index (χ1v) is 3.96. The smallest absolute Gasteiger partial charge is 0.339 e. The molecular formula is C6H12N2O3S. The maximum atomic E-state index is 10.7. The van der Waals surface area contributed by atoms with E-state index < -0.39 is 5.97 Å². The van der Waals surface area contributed by atoms with Crippen LogP contribution in [0, 0.1) is 0 Å². The highest BCUT2D eigenvalue weighted by molar-refractivity contribution is 7.77. The summed E-state index contributed by atoms with van der Waals surface area (Å²) < 4.78 is 0. The first kappa shape index (κ1) is 11.4. The van der Waals surface area contributed by atoms with Gasteiger partial charge in [0.25, 0.3) is 0 Å². The Morgan fingerprint density at radius 2 is 2.08 bits per heavy atom. The molecule has 2 N–H and O–H groups in total. The predicted octanol–water partition coefficient (Wildman–Crippen LogP) is -0.552. The van der Waals surface area contributed by atoms with Crippen molar-refractivity contribution in [2.75, 3.05) is 13.1 Å². The summed E-state index contributed by atoms with van der Waals surface area (Å²) in [6.07, 6.45) is 0.465. The topological polar surface area (TPSA) is 67.4 Å². The fourth-order valence-electron chi connectivity index (χ4n) is 0.516. The molecule has 0 atom stereocenters. The van der Waals surface area contributed by atoms with Gasteiger partial charge in [-0.25, -0.2) is 4.79 Å². The quantitative estimate of drug-likeness (QED) is 0.389. The van der Waals surface area contributed by atoms with Gasteiger partial charge in [0, 0.05) is 6.42 Å². The van der Waals surface area contributed by atoms with Gasteiger partial charge in [-0.15, -0.1) is 0 Å². The summed E-state index contributed by atoms with van der Waals surface area (Å²) in [5, 5.41) is 2.62. The van der Waals surface area contributed by atoms with Crippen molar-refractivity contribution in [2.45, 2.75) is 13.3 Å². The van der Waals surface area contributed by atoms with Crippen molar-refractivity contribution in [3.8, 4) is 0 Å². The van der Waals surface area contributed by atoms with E-state index in [0.717, 1.165) is 0 Å². The van der Waals surface area contributed by atoms with E-state index >= 15 is 0 Å². The molecule has 0 bridgehead atoms. The lowest BCUT2D eigenvalue weighted by Gasteiger charge is -2.01. The van der Waals surface area contributed by atoms with Crippen LogP contribution in [0.25, 0.3) is 0 Å². The highest BCUT2D eigenvalue weighted by Gasteiger charge is 2.02. The average Bonchev–Trinajstić information content (AvgIpc) is 2.04. The minimum atomic E-state index is -0.506. The number of hydrogen-bond donors (Lipinski definition) is 3. The van der Waals surface area contributed by atoms with Crippen LogP contribution in [-0.2, 0) is 14.4 Å². The molecule has 0 unspecified atom stereocenters. The van der Waals surface area contributed by atoms with Crippen LogP contribution in [0.1, 0.15) is 13.3 Å². The Hall–Kier alpha value is -0.590. The third kappa shape index (κ3) is 6.14. The fraction of sp³-hybridized carbons (Fsp3) is 0.667. The van der Waals surface area contributed by atoms with Crippen molar-refractivity contribution >= 4 is 24.6 Å².